The van der Waals surface area contributed by atoms with Gasteiger partial charge >= 0.3 is 12.4 Å². The van der Waals surface area contributed by atoms with Crippen molar-refractivity contribution in [3.63, 3.8) is 0 Å². The molecule has 4 aliphatic carbocycles. The summed E-state index contributed by atoms with van der Waals surface area (Å²) in [4.78, 5) is 0. The van der Waals surface area contributed by atoms with Crippen molar-refractivity contribution in [3.8, 4) is 0 Å². The fourth-order valence-electron chi connectivity index (χ4n) is 6.31. The lowest BCUT2D eigenvalue weighted by Gasteiger charge is -2.56. The molecule has 0 aromatic heterocycles. The van der Waals surface area contributed by atoms with Crippen molar-refractivity contribution in [1.82, 2.24) is 0 Å². The van der Waals surface area contributed by atoms with Gasteiger partial charge in [-0.05, 0) is 56.7 Å². The third kappa shape index (κ3) is 3.32. The fourth-order valence-corrected chi connectivity index (χ4v) is 6.31. The lowest BCUT2D eigenvalue weighted by atomic mass is 9.46. The minimum absolute atomic E-state index is 0.111. The first-order chi connectivity index (χ1) is 17.8. The monoisotopic (exact) mass is 520 g/mol. The molecule has 192 valence electrons. The van der Waals surface area contributed by atoms with Gasteiger partial charge in [-0.15, -0.1) is 0 Å². The Bertz CT molecular complexity index is 1480. The van der Waals surface area contributed by atoms with Gasteiger partial charge in [0, 0.05) is 10.8 Å². The molecule has 6 rings (SSSR count). The smallest absolute Gasteiger partial charge is 0.166 e. The summed E-state index contributed by atoms with van der Waals surface area (Å²) in [6, 6.07) is 11.1. The molecule has 0 N–H and O–H groups in total. The Morgan fingerprint density at radius 2 is 0.868 bits per heavy atom. The van der Waals surface area contributed by atoms with Crippen LogP contribution in [0.3, 0.4) is 0 Å². The number of benzene rings is 2. The molecule has 4 aliphatic rings. The Morgan fingerprint density at radius 1 is 0.500 bits per heavy atom. The van der Waals surface area contributed by atoms with E-state index >= 15 is 0 Å². The van der Waals surface area contributed by atoms with Crippen molar-refractivity contribution < 1.29 is 26.3 Å². The van der Waals surface area contributed by atoms with Crippen molar-refractivity contribution in [2.24, 2.45) is 10.8 Å². The SMILES string of the molecule is CC12C3=CC=C4C=C(c5ccccc5C(F)(F)F)C=C(C=CC1=CC(c1ccccc1C(F)(F)F)=C3)C42C. The van der Waals surface area contributed by atoms with Crippen molar-refractivity contribution in [3.05, 3.63) is 142 Å². The van der Waals surface area contributed by atoms with Gasteiger partial charge in [0.1, 0.15) is 0 Å². The highest BCUT2D eigenvalue weighted by Crippen LogP contribution is 2.66. The molecule has 0 saturated carbocycles. The quantitative estimate of drug-likeness (QED) is 0.346. The first kappa shape index (κ1) is 24.5. The van der Waals surface area contributed by atoms with Gasteiger partial charge in [-0.2, -0.15) is 26.3 Å². The second-order valence-electron chi connectivity index (χ2n) is 10.3. The Hall–Kier alpha value is -3.80. The Kier molecular flexibility index (Phi) is 5.07. The molecule has 6 heteroatoms. The molecule has 0 saturated heterocycles. The summed E-state index contributed by atoms with van der Waals surface area (Å²) in [5.74, 6) is 0. The summed E-state index contributed by atoms with van der Waals surface area (Å²) in [6.07, 6.45) is 5.77. The van der Waals surface area contributed by atoms with E-state index in [1.807, 2.05) is 48.6 Å². The van der Waals surface area contributed by atoms with Crippen LogP contribution in [0.2, 0.25) is 0 Å². The van der Waals surface area contributed by atoms with E-state index in [0.717, 1.165) is 34.4 Å². The summed E-state index contributed by atoms with van der Waals surface area (Å²) in [5, 5.41) is 0. The average molecular weight is 521 g/mol. The largest absolute Gasteiger partial charge is 0.417 e. The van der Waals surface area contributed by atoms with Crippen LogP contribution < -0.4 is 0 Å². The molecule has 0 nitrogen and oxygen atoms in total. The molecule has 2 aromatic carbocycles. The minimum Gasteiger partial charge on any atom is -0.166 e. The topological polar surface area (TPSA) is 0 Å². The third-order valence-corrected chi connectivity index (χ3v) is 8.53. The second kappa shape index (κ2) is 7.85. The molecule has 2 atom stereocenters. The molecule has 0 spiro atoms. The zero-order valence-electron chi connectivity index (χ0n) is 20.5. The van der Waals surface area contributed by atoms with Gasteiger partial charge in [-0.1, -0.05) is 98.9 Å². The van der Waals surface area contributed by atoms with Gasteiger partial charge in [-0.25, -0.2) is 0 Å². The van der Waals surface area contributed by atoms with E-state index in [1.54, 1.807) is 12.1 Å². The number of alkyl halides is 6. The van der Waals surface area contributed by atoms with Crippen molar-refractivity contribution in [1.29, 1.82) is 0 Å². The number of halogens is 6. The zero-order chi connectivity index (χ0) is 27.1. The van der Waals surface area contributed by atoms with Crippen LogP contribution in [0.1, 0.15) is 36.1 Å². The van der Waals surface area contributed by atoms with Crippen LogP contribution in [0.4, 0.5) is 26.3 Å². The summed E-state index contributed by atoms with van der Waals surface area (Å²) in [6.45, 7) is 4.11. The summed E-state index contributed by atoms with van der Waals surface area (Å²) >= 11 is 0. The Labute approximate surface area is 216 Å². The van der Waals surface area contributed by atoms with E-state index in [1.165, 1.54) is 24.3 Å². The van der Waals surface area contributed by atoms with E-state index in [9.17, 15) is 26.3 Å². The number of hydrogen-bond acceptors (Lipinski definition) is 0. The van der Waals surface area contributed by atoms with E-state index in [4.69, 9.17) is 0 Å². The summed E-state index contributed by atoms with van der Waals surface area (Å²) < 4.78 is 82.7. The molecule has 0 heterocycles. The molecule has 2 unspecified atom stereocenters. The maximum absolute atomic E-state index is 13.8. The fraction of sp³-hybridized carbons (Fsp3) is 0.188. The second-order valence-corrected chi connectivity index (χ2v) is 10.3. The number of allylic oxidation sites excluding steroid dienone is 14. The molecule has 0 bridgehead atoms. The zero-order valence-corrected chi connectivity index (χ0v) is 20.5. The van der Waals surface area contributed by atoms with Crippen LogP contribution in [0.25, 0.3) is 11.1 Å². The van der Waals surface area contributed by atoms with Gasteiger partial charge in [0.2, 0.25) is 0 Å². The molecule has 0 amide bonds. The van der Waals surface area contributed by atoms with Crippen LogP contribution in [-0.4, -0.2) is 0 Å². The van der Waals surface area contributed by atoms with Crippen LogP contribution >= 0.6 is 0 Å². The molecular formula is C32H22F6. The highest BCUT2D eigenvalue weighted by atomic mass is 19.4. The maximum atomic E-state index is 13.8. The molecule has 2 aromatic rings. The molecular weight excluding hydrogens is 498 g/mol. The van der Waals surface area contributed by atoms with Gasteiger partial charge in [0.05, 0.1) is 11.1 Å². The molecule has 0 aliphatic heterocycles. The van der Waals surface area contributed by atoms with Crippen LogP contribution in [-0.2, 0) is 12.4 Å². The standard InChI is InChI=1S/C32H22F6/c1-29-21-11-13-23-17-20(26-8-4-6-10-28(26)32(36,37)38)18-24(30(23,29)2)14-12-22(29)16-19(15-21)25-7-3-5-9-27(25)31(33,34)35/h3-18H,1-2H3. The predicted octanol–water partition coefficient (Wildman–Crippen LogP) is 9.52. The van der Waals surface area contributed by atoms with Gasteiger partial charge in [-0.3, -0.25) is 0 Å². The van der Waals surface area contributed by atoms with Crippen LogP contribution in [0, 0.1) is 10.8 Å². The highest BCUT2D eigenvalue weighted by molar-refractivity contribution is 5.88. The van der Waals surface area contributed by atoms with Crippen LogP contribution in [0.15, 0.2) is 119 Å². The Balaban J connectivity index is 1.54. The molecule has 0 radical (unpaired) electrons. The third-order valence-electron chi connectivity index (χ3n) is 8.53. The average Bonchev–Trinajstić information content (AvgIpc) is 2.86. The summed E-state index contributed by atoms with van der Waals surface area (Å²) in [5.41, 5.74) is 1.98. The highest BCUT2D eigenvalue weighted by Gasteiger charge is 2.56. The van der Waals surface area contributed by atoms with E-state index in [0.29, 0.717) is 11.1 Å². The van der Waals surface area contributed by atoms with Crippen LogP contribution in [0.5, 0.6) is 0 Å². The maximum Gasteiger partial charge on any atom is 0.417 e. The number of rotatable bonds is 2. The normalized spacial score (nSPS) is 25.9. The molecule has 38 heavy (non-hydrogen) atoms. The van der Waals surface area contributed by atoms with E-state index in [2.05, 4.69) is 13.8 Å². The Morgan fingerprint density at radius 3 is 1.24 bits per heavy atom. The lowest BCUT2D eigenvalue weighted by Crippen LogP contribution is -2.47. The minimum atomic E-state index is -4.49. The molecule has 0 fully saturated rings. The van der Waals surface area contributed by atoms with Gasteiger partial charge in [0.25, 0.3) is 0 Å². The first-order valence-electron chi connectivity index (χ1n) is 12.2. The van der Waals surface area contributed by atoms with E-state index in [-0.39, 0.29) is 11.1 Å². The first-order valence-corrected chi connectivity index (χ1v) is 12.2. The van der Waals surface area contributed by atoms with Crippen molar-refractivity contribution in [2.75, 3.05) is 0 Å². The summed E-state index contributed by atoms with van der Waals surface area (Å²) in [7, 11) is 0. The van der Waals surface area contributed by atoms with Gasteiger partial charge < -0.3 is 0 Å². The van der Waals surface area contributed by atoms with Gasteiger partial charge in [0.15, 0.2) is 0 Å². The van der Waals surface area contributed by atoms with Crippen molar-refractivity contribution >= 4 is 11.1 Å². The lowest BCUT2D eigenvalue weighted by molar-refractivity contribution is -0.138. The van der Waals surface area contributed by atoms with Crippen molar-refractivity contribution in [2.45, 2.75) is 26.2 Å². The van der Waals surface area contributed by atoms with E-state index < -0.39 is 34.3 Å². The number of hydrogen-bond donors (Lipinski definition) is 0. The predicted molar refractivity (Wildman–Crippen MR) is 137 cm³/mol.